The molecule has 0 aromatic heterocycles. The Morgan fingerprint density at radius 2 is 1.80 bits per heavy atom. The molecule has 0 bridgehead atoms. The van der Waals surface area contributed by atoms with E-state index < -0.39 is 10.0 Å². The Morgan fingerprint density at radius 1 is 1.20 bits per heavy atom. The predicted octanol–water partition coefficient (Wildman–Crippen LogP) is 0.687. The number of rotatable bonds is 3. The summed E-state index contributed by atoms with van der Waals surface area (Å²) in [6, 6.07) is 6.48. The maximum absolute atomic E-state index is 12.6. The Hall–Kier alpha value is -1.15. The molecule has 0 aliphatic carbocycles. The second-order valence-electron chi connectivity index (χ2n) is 5.74. The maximum atomic E-state index is 12.6. The van der Waals surface area contributed by atoms with Gasteiger partial charge >= 0.3 is 0 Å². The summed E-state index contributed by atoms with van der Waals surface area (Å²) in [4.78, 5) is 2.48. The number of anilines is 1. The second kappa shape index (κ2) is 5.33. The summed E-state index contributed by atoms with van der Waals surface area (Å²) in [5.74, 6) is 5.29. The number of nitrogens with two attached hydrogens (primary N) is 1. The lowest BCUT2D eigenvalue weighted by Crippen LogP contribution is -2.58. The van der Waals surface area contributed by atoms with Gasteiger partial charge in [-0.2, -0.15) is 4.31 Å². The zero-order valence-electron chi connectivity index (χ0n) is 12.1. The van der Waals surface area contributed by atoms with E-state index in [0.29, 0.717) is 23.7 Å². The molecule has 3 N–H and O–H groups in total. The minimum atomic E-state index is -3.44. The number of sulfonamides is 1. The van der Waals surface area contributed by atoms with E-state index in [0.717, 1.165) is 6.54 Å². The molecule has 1 heterocycles. The monoisotopic (exact) mass is 298 g/mol. The quantitative estimate of drug-likeness (QED) is 0.634. The van der Waals surface area contributed by atoms with E-state index in [1.807, 2.05) is 7.05 Å². The van der Waals surface area contributed by atoms with Gasteiger partial charge in [0.05, 0.1) is 4.90 Å². The average molecular weight is 298 g/mol. The molecule has 1 fully saturated rings. The third kappa shape index (κ3) is 2.80. The summed E-state index contributed by atoms with van der Waals surface area (Å²) in [5.41, 5.74) is 3.01. The summed E-state index contributed by atoms with van der Waals surface area (Å²) in [6.45, 7) is 5.84. The molecule has 0 spiro atoms. The van der Waals surface area contributed by atoms with Crippen LogP contribution in [-0.2, 0) is 10.0 Å². The summed E-state index contributed by atoms with van der Waals surface area (Å²) < 4.78 is 26.8. The normalized spacial score (nSPS) is 20.8. The Labute approximate surface area is 120 Å². The molecule has 1 saturated heterocycles. The molecule has 1 aliphatic heterocycles. The summed E-state index contributed by atoms with van der Waals surface area (Å²) in [7, 11) is -1.42. The number of piperazine rings is 1. The van der Waals surface area contributed by atoms with Crippen molar-refractivity contribution in [3.05, 3.63) is 24.3 Å². The van der Waals surface area contributed by atoms with E-state index in [4.69, 9.17) is 5.84 Å². The van der Waals surface area contributed by atoms with Crippen molar-refractivity contribution < 1.29 is 8.42 Å². The molecule has 0 unspecified atom stereocenters. The highest BCUT2D eigenvalue weighted by Gasteiger charge is 2.37. The fourth-order valence-corrected chi connectivity index (χ4v) is 3.86. The Kier molecular flexibility index (Phi) is 4.06. The molecule has 2 rings (SSSR count). The fourth-order valence-electron chi connectivity index (χ4n) is 2.27. The molecule has 0 amide bonds. The van der Waals surface area contributed by atoms with E-state index >= 15 is 0 Å². The van der Waals surface area contributed by atoms with Crippen LogP contribution in [-0.4, -0.2) is 49.8 Å². The van der Waals surface area contributed by atoms with E-state index in [2.05, 4.69) is 24.2 Å². The van der Waals surface area contributed by atoms with Crippen LogP contribution in [0.1, 0.15) is 13.8 Å². The van der Waals surface area contributed by atoms with Crippen molar-refractivity contribution >= 4 is 15.7 Å². The van der Waals surface area contributed by atoms with Gasteiger partial charge in [-0.05, 0) is 45.2 Å². The van der Waals surface area contributed by atoms with Crippen LogP contribution in [0.3, 0.4) is 0 Å². The molecule has 0 saturated carbocycles. The fraction of sp³-hybridized carbons (Fsp3) is 0.538. The predicted molar refractivity (Wildman–Crippen MR) is 79.7 cm³/mol. The van der Waals surface area contributed by atoms with Gasteiger partial charge in [-0.25, -0.2) is 8.42 Å². The number of hydrogen-bond donors (Lipinski definition) is 2. The topological polar surface area (TPSA) is 78.7 Å². The van der Waals surface area contributed by atoms with Crippen LogP contribution in [0.15, 0.2) is 29.2 Å². The first-order chi connectivity index (χ1) is 9.27. The first-order valence-electron chi connectivity index (χ1n) is 6.55. The van der Waals surface area contributed by atoms with Crippen molar-refractivity contribution in [3.8, 4) is 0 Å². The van der Waals surface area contributed by atoms with Gasteiger partial charge in [0.15, 0.2) is 0 Å². The molecule has 6 nitrogen and oxygen atoms in total. The van der Waals surface area contributed by atoms with Gasteiger partial charge in [0.1, 0.15) is 0 Å². The standard InChI is InChI=1S/C13H22N4O2S/c1-13(2)10-17(9-8-16(13)3)20(18,19)12-6-4-11(15-14)5-7-12/h4-7,15H,8-10,14H2,1-3H3. The summed E-state index contributed by atoms with van der Waals surface area (Å²) >= 11 is 0. The number of hydrazine groups is 1. The van der Waals surface area contributed by atoms with Gasteiger partial charge in [-0.3, -0.25) is 10.7 Å². The molecule has 20 heavy (non-hydrogen) atoms. The van der Waals surface area contributed by atoms with E-state index in [9.17, 15) is 8.42 Å². The van der Waals surface area contributed by atoms with Crippen LogP contribution in [0.5, 0.6) is 0 Å². The van der Waals surface area contributed by atoms with E-state index in [-0.39, 0.29) is 5.54 Å². The third-order valence-electron chi connectivity index (χ3n) is 3.94. The lowest BCUT2D eigenvalue weighted by molar-refractivity contribution is 0.0801. The van der Waals surface area contributed by atoms with Gasteiger partial charge < -0.3 is 5.43 Å². The van der Waals surface area contributed by atoms with Crippen molar-refractivity contribution in [2.24, 2.45) is 5.84 Å². The molecule has 7 heteroatoms. The average Bonchev–Trinajstić information content (AvgIpc) is 2.41. The molecular formula is C13H22N4O2S. The molecule has 1 aromatic rings. The SMILES string of the molecule is CN1CCN(S(=O)(=O)c2ccc(NN)cc2)CC1(C)C. The molecule has 112 valence electrons. The minimum absolute atomic E-state index is 0.163. The lowest BCUT2D eigenvalue weighted by Gasteiger charge is -2.44. The van der Waals surface area contributed by atoms with Crippen LogP contribution in [0, 0.1) is 0 Å². The highest BCUT2D eigenvalue weighted by Crippen LogP contribution is 2.25. The maximum Gasteiger partial charge on any atom is 0.243 e. The molecule has 1 aliphatic rings. The van der Waals surface area contributed by atoms with E-state index in [1.165, 1.54) is 0 Å². The smallest absolute Gasteiger partial charge is 0.243 e. The van der Waals surface area contributed by atoms with Gasteiger partial charge in [0, 0.05) is 30.9 Å². The highest BCUT2D eigenvalue weighted by atomic mass is 32.2. The summed E-state index contributed by atoms with van der Waals surface area (Å²) in [5, 5.41) is 0. The molecular weight excluding hydrogens is 276 g/mol. The summed E-state index contributed by atoms with van der Waals surface area (Å²) in [6.07, 6.45) is 0. The highest BCUT2D eigenvalue weighted by molar-refractivity contribution is 7.89. The largest absolute Gasteiger partial charge is 0.324 e. The van der Waals surface area contributed by atoms with Crippen molar-refractivity contribution in [1.29, 1.82) is 0 Å². The molecule has 1 aromatic carbocycles. The third-order valence-corrected chi connectivity index (χ3v) is 5.80. The van der Waals surface area contributed by atoms with E-state index in [1.54, 1.807) is 28.6 Å². The lowest BCUT2D eigenvalue weighted by atomic mass is 10.0. The first-order valence-corrected chi connectivity index (χ1v) is 7.99. The van der Waals surface area contributed by atoms with Crippen LogP contribution in [0.2, 0.25) is 0 Å². The Bertz CT molecular complexity index is 569. The number of benzene rings is 1. The van der Waals surface area contributed by atoms with Crippen LogP contribution in [0.25, 0.3) is 0 Å². The van der Waals surface area contributed by atoms with Crippen molar-refractivity contribution in [1.82, 2.24) is 9.21 Å². The van der Waals surface area contributed by atoms with Crippen molar-refractivity contribution in [2.75, 3.05) is 32.1 Å². The Morgan fingerprint density at radius 3 is 2.30 bits per heavy atom. The van der Waals surface area contributed by atoms with Crippen LogP contribution < -0.4 is 11.3 Å². The number of likely N-dealkylation sites (N-methyl/N-ethyl adjacent to an activating group) is 1. The van der Waals surface area contributed by atoms with Crippen LogP contribution >= 0.6 is 0 Å². The Balaban J connectivity index is 2.26. The van der Waals surface area contributed by atoms with Crippen LogP contribution in [0.4, 0.5) is 5.69 Å². The minimum Gasteiger partial charge on any atom is -0.324 e. The van der Waals surface area contributed by atoms with Gasteiger partial charge in [0.2, 0.25) is 10.0 Å². The number of nitrogens with zero attached hydrogens (tertiary/aromatic N) is 2. The van der Waals surface area contributed by atoms with Crippen molar-refractivity contribution in [3.63, 3.8) is 0 Å². The molecule has 0 atom stereocenters. The van der Waals surface area contributed by atoms with Gasteiger partial charge in [-0.1, -0.05) is 0 Å². The number of nitrogen functional groups attached to an aromatic ring is 1. The first kappa shape index (κ1) is 15.2. The number of nitrogens with one attached hydrogen (secondary N) is 1. The van der Waals surface area contributed by atoms with Gasteiger partial charge in [-0.15, -0.1) is 0 Å². The zero-order chi connectivity index (χ0) is 15.0. The molecule has 0 radical (unpaired) electrons. The second-order valence-corrected chi connectivity index (χ2v) is 7.68. The van der Waals surface area contributed by atoms with Gasteiger partial charge in [0.25, 0.3) is 0 Å². The number of hydrogen-bond acceptors (Lipinski definition) is 5. The zero-order valence-corrected chi connectivity index (χ0v) is 12.9. The van der Waals surface area contributed by atoms with Crippen molar-refractivity contribution in [2.45, 2.75) is 24.3 Å².